The van der Waals surface area contributed by atoms with Crippen LogP contribution in [0.25, 0.3) is 10.2 Å². The van der Waals surface area contributed by atoms with Crippen LogP contribution in [-0.2, 0) is 11.3 Å². The number of nitrogens with zero attached hydrogens (tertiary/aromatic N) is 2. The van der Waals surface area contributed by atoms with Crippen molar-refractivity contribution in [1.29, 1.82) is 0 Å². The van der Waals surface area contributed by atoms with Crippen LogP contribution in [0.15, 0.2) is 40.3 Å². The molecule has 2 aromatic heterocycles. The number of aromatic nitrogens is 2. The van der Waals surface area contributed by atoms with Gasteiger partial charge in [-0.3, -0.25) is 14.2 Å². The lowest BCUT2D eigenvalue weighted by molar-refractivity contribution is -0.119. The quantitative estimate of drug-likeness (QED) is 0.465. The molecular weight excluding hydrogens is 390 g/mol. The van der Waals surface area contributed by atoms with Crippen molar-refractivity contribution >= 4 is 39.2 Å². The number of hydrogen-bond donors (Lipinski definition) is 1. The molecule has 28 heavy (non-hydrogen) atoms. The van der Waals surface area contributed by atoms with Gasteiger partial charge in [0.15, 0.2) is 5.16 Å². The largest absolute Gasteiger partial charge is 0.353 e. The molecule has 0 saturated heterocycles. The predicted molar refractivity (Wildman–Crippen MR) is 118 cm³/mol. The normalized spacial score (nSPS) is 12.3. The number of hydrogen-bond acceptors (Lipinski definition) is 5. The lowest BCUT2D eigenvalue weighted by Gasteiger charge is -2.14. The van der Waals surface area contributed by atoms with Crippen molar-refractivity contribution in [3.63, 3.8) is 0 Å². The third kappa shape index (κ3) is 4.47. The highest BCUT2D eigenvalue weighted by Crippen LogP contribution is 2.28. The zero-order valence-corrected chi connectivity index (χ0v) is 18.2. The summed E-state index contributed by atoms with van der Waals surface area (Å²) in [4.78, 5) is 32.1. The smallest absolute Gasteiger partial charge is 0.263 e. The number of rotatable bonds is 7. The van der Waals surface area contributed by atoms with Crippen LogP contribution < -0.4 is 10.9 Å². The van der Waals surface area contributed by atoms with Crippen molar-refractivity contribution in [2.24, 2.45) is 0 Å². The third-order valence-corrected chi connectivity index (χ3v) is 6.87. The summed E-state index contributed by atoms with van der Waals surface area (Å²) in [6.07, 6.45) is 0.882. The molecule has 1 amide bonds. The number of amides is 1. The Kier molecular flexibility index (Phi) is 6.57. The first-order chi connectivity index (χ1) is 13.4. The molecule has 148 valence electrons. The van der Waals surface area contributed by atoms with Gasteiger partial charge in [0.1, 0.15) is 4.83 Å². The molecule has 3 aromatic rings. The first-order valence-corrected chi connectivity index (χ1v) is 11.2. The van der Waals surface area contributed by atoms with E-state index < -0.39 is 0 Å². The van der Waals surface area contributed by atoms with Gasteiger partial charge < -0.3 is 5.32 Å². The number of nitrogens with one attached hydrogen (secondary N) is 1. The number of benzene rings is 1. The monoisotopic (exact) mass is 415 g/mol. The van der Waals surface area contributed by atoms with Crippen LogP contribution in [0, 0.1) is 13.8 Å². The van der Waals surface area contributed by atoms with Crippen LogP contribution in [0.5, 0.6) is 0 Å². The predicted octanol–water partition coefficient (Wildman–Crippen LogP) is 4.13. The minimum absolute atomic E-state index is 0.0412. The highest BCUT2D eigenvalue weighted by atomic mass is 32.2. The molecule has 0 fully saturated rings. The average molecular weight is 416 g/mol. The molecule has 0 unspecified atom stereocenters. The molecule has 0 aliphatic carbocycles. The van der Waals surface area contributed by atoms with Crippen LogP contribution in [0.2, 0.25) is 0 Å². The molecule has 0 radical (unpaired) electrons. The van der Waals surface area contributed by atoms with Gasteiger partial charge >= 0.3 is 0 Å². The van der Waals surface area contributed by atoms with Gasteiger partial charge in [0.05, 0.1) is 17.7 Å². The van der Waals surface area contributed by atoms with Gasteiger partial charge in [-0.15, -0.1) is 11.3 Å². The second kappa shape index (κ2) is 8.92. The maximum absolute atomic E-state index is 13.3. The van der Waals surface area contributed by atoms with Crippen LogP contribution in [0.1, 0.15) is 36.3 Å². The van der Waals surface area contributed by atoms with E-state index in [9.17, 15) is 9.59 Å². The zero-order valence-electron chi connectivity index (χ0n) is 16.6. The SMILES string of the molecule is CC[C@@H](C)NC(=O)CSc1nc2sc(C)c(C)c2c(=O)n1Cc1ccccc1. The van der Waals surface area contributed by atoms with E-state index >= 15 is 0 Å². The lowest BCUT2D eigenvalue weighted by Crippen LogP contribution is -2.33. The van der Waals surface area contributed by atoms with E-state index in [-0.39, 0.29) is 23.3 Å². The van der Waals surface area contributed by atoms with E-state index in [0.717, 1.165) is 27.3 Å². The fourth-order valence-electron chi connectivity index (χ4n) is 2.87. The second-order valence-corrected chi connectivity index (χ2v) is 9.05. The molecule has 7 heteroatoms. The van der Waals surface area contributed by atoms with E-state index in [0.29, 0.717) is 17.1 Å². The van der Waals surface area contributed by atoms with Crippen LogP contribution >= 0.6 is 23.1 Å². The summed E-state index contributed by atoms with van der Waals surface area (Å²) in [6, 6.07) is 9.99. The maximum atomic E-state index is 13.3. The number of thiophene rings is 1. The number of carbonyl (C=O) groups is 1. The van der Waals surface area contributed by atoms with Crippen molar-refractivity contribution in [2.75, 3.05) is 5.75 Å². The summed E-state index contributed by atoms with van der Waals surface area (Å²) in [7, 11) is 0. The van der Waals surface area contributed by atoms with E-state index in [1.165, 1.54) is 23.1 Å². The molecule has 3 rings (SSSR count). The first kappa shape index (κ1) is 20.6. The Hall–Kier alpha value is -2.12. The lowest BCUT2D eigenvalue weighted by atomic mass is 10.2. The highest BCUT2D eigenvalue weighted by Gasteiger charge is 2.18. The highest BCUT2D eigenvalue weighted by molar-refractivity contribution is 7.99. The van der Waals surface area contributed by atoms with Crippen molar-refractivity contribution in [3.8, 4) is 0 Å². The Morgan fingerprint density at radius 3 is 2.68 bits per heavy atom. The molecule has 0 aliphatic rings. The number of thioether (sulfide) groups is 1. The maximum Gasteiger partial charge on any atom is 0.263 e. The molecule has 0 bridgehead atoms. The molecular formula is C21H25N3O2S2. The zero-order chi connectivity index (χ0) is 20.3. The Labute approximate surface area is 173 Å². The summed E-state index contributed by atoms with van der Waals surface area (Å²) in [6.45, 7) is 8.43. The number of fused-ring (bicyclic) bond motifs is 1. The van der Waals surface area contributed by atoms with Crippen molar-refractivity contribution in [2.45, 2.75) is 51.9 Å². The average Bonchev–Trinajstić information content (AvgIpc) is 2.97. The summed E-state index contributed by atoms with van der Waals surface area (Å²) in [5, 5.41) is 4.23. The van der Waals surface area contributed by atoms with Crippen molar-refractivity contribution in [1.82, 2.24) is 14.9 Å². The topological polar surface area (TPSA) is 64.0 Å². The standard InChI is InChI=1S/C21H25N3O2S2/c1-5-13(2)22-17(25)12-27-21-23-19-18(14(3)15(4)28-19)20(26)24(21)11-16-9-7-6-8-10-16/h6-10,13H,5,11-12H2,1-4H3,(H,22,25)/t13-/m1/s1. The van der Waals surface area contributed by atoms with Gasteiger partial charge in [-0.1, -0.05) is 49.0 Å². The Bertz CT molecular complexity index is 1040. The molecule has 1 aromatic carbocycles. The van der Waals surface area contributed by atoms with Crippen LogP contribution in [-0.4, -0.2) is 27.3 Å². The van der Waals surface area contributed by atoms with Crippen molar-refractivity contribution in [3.05, 3.63) is 56.7 Å². The Morgan fingerprint density at radius 2 is 2.00 bits per heavy atom. The Balaban J connectivity index is 1.98. The van der Waals surface area contributed by atoms with Gasteiger partial charge in [-0.05, 0) is 38.3 Å². The molecule has 0 spiro atoms. The molecule has 5 nitrogen and oxygen atoms in total. The number of carbonyl (C=O) groups excluding carboxylic acids is 1. The van der Waals surface area contributed by atoms with Gasteiger partial charge in [0.2, 0.25) is 5.91 Å². The van der Waals surface area contributed by atoms with E-state index in [1.807, 2.05) is 58.0 Å². The van der Waals surface area contributed by atoms with Gasteiger partial charge in [0.25, 0.3) is 5.56 Å². The van der Waals surface area contributed by atoms with Gasteiger partial charge in [-0.25, -0.2) is 4.98 Å². The minimum atomic E-state index is -0.0431. The van der Waals surface area contributed by atoms with E-state index in [1.54, 1.807) is 4.57 Å². The summed E-state index contributed by atoms with van der Waals surface area (Å²) in [5.74, 6) is 0.193. The van der Waals surface area contributed by atoms with Crippen molar-refractivity contribution < 1.29 is 4.79 Å². The summed E-state index contributed by atoms with van der Waals surface area (Å²) in [5.41, 5.74) is 1.98. The fraction of sp³-hybridized carbons (Fsp3) is 0.381. The minimum Gasteiger partial charge on any atom is -0.353 e. The van der Waals surface area contributed by atoms with Crippen LogP contribution in [0.4, 0.5) is 0 Å². The fourth-order valence-corrected chi connectivity index (χ4v) is 4.75. The Morgan fingerprint density at radius 1 is 1.29 bits per heavy atom. The number of aryl methyl sites for hydroxylation is 2. The first-order valence-electron chi connectivity index (χ1n) is 9.37. The molecule has 1 atom stereocenters. The van der Waals surface area contributed by atoms with E-state index in [4.69, 9.17) is 4.98 Å². The van der Waals surface area contributed by atoms with E-state index in [2.05, 4.69) is 5.32 Å². The summed E-state index contributed by atoms with van der Waals surface area (Å²) >= 11 is 2.85. The molecule has 0 aliphatic heterocycles. The summed E-state index contributed by atoms with van der Waals surface area (Å²) < 4.78 is 1.69. The molecule has 2 heterocycles. The third-order valence-electron chi connectivity index (χ3n) is 4.79. The molecule has 0 saturated carbocycles. The van der Waals surface area contributed by atoms with Crippen LogP contribution in [0.3, 0.4) is 0 Å². The second-order valence-electron chi connectivity index (χ2n) is 6.90. The molecule has 1 N–H and O–H groups in total. The van der Waals surface area contributed by atoms with Gasteiger partial charge in [-0.2, -0.15) is 0 Å². The van der Waals surface area contributed by atoms with Gasteiger partial charge in [0, 0.05) is 10.9 Å².